The average molecular weight is 316 g/mol. The van der Waals surface area contributed by atoms with Crippen molar-refractivity contribution in [2.24, 2.45) is 0 Å². The van der Waals surface area contributed by atoms with Gasteiger partial charge in [0.25, 0.3) is 0 Å². The fraction of sp³-hybridized carbons (Fsp3) is 0.429. The average Bonchev–Trinajstić information content (AvgIpc) is 2.39. The van der Waals surface area contributed by atoms with Gasteiger partial charge in [-0.15, -0.1) is 11.8 Å². The maximum atomic E-state index is 11.7. The normalized spacial score (nSPS) is 11.9. The molecule has 1 rings (SSSR count). The molecule has 1 aromatic rings. The van der Waals surface area contributed by atoms with Gasteiger partial charge in [0.05, 0.1) is 6.42 Å². The highest BCUT2D eigenvalue weighted by molar-refractivity contribution is 7.99. The molecule has 1 aromatic carbocycles. The quantitative estimate of drug-likeness (QED) is 0.723. The highest BCUT2D eigenvalue weighted by Crippen LogP contribution is 2.20. The van der Waals surface area contributed by atoms with Crippen molar-refractivity contribution in [1.29, 1.82) is 0 Å². The second kappa shape index (κ2) is 8.87. The molecule has 0 saturated carbocycles. The number of carboxylic acids is 1. The number of benzene rings is 1. The molecule has 6 heteroatoms. The van der Waals surface area contributed by atoms with Gasteiger partial charge in [-0.2, -0.15) is 0 Å². The predicted molar refractivity (Wildman–Crippen MR) is 81.3 cm³/mol. The Balaban J connectivity index is 2.28. The monoisotopic (exact) mass is 315 g/mol. The Labute approximate surface area is 127 Å². The molecule has 1 atom stereocenters. The third-order valence-corrected chi connectivity index (χ3v) is 3.96. The van der Waals surface area contributed by atoms with Gasteiger partial charge < -0.3 is 10.4 Å². The lowest BCUT2D eigenvalue weighted by Gasteiger charge is -2.14. The third-order valence-electron chi connectivity index (χ3n) is 2.69. The zero-order valence-corrected chi connectivity index (χ0v) is 12.8. The van der Waals surface area contributed by atoms with Crippen LogP contribution in [0.1, 0.15) is 26.2 Å². The molecule has 0 fully saturated rings. The summed E-state index contributed by atoms with van der Waals surface area (Å²) in [5.41, 5.74) is 0. The van der Waals surface area contributed by atoms with E-state index in [2.05, 4.69) is 5.32 Å². The largest absolute Gasteiger partial charge is 0.481 e. The highest BCUT2D eigenvalue weighted by atomic mass is 35.5. The van der Waals surface area contributed by atoms with E-state index >= 15 is 0 Å². The molecule has 0 saturated heterocycles. The van der Waals surface area contributed by atoms with Crippen LogP contribution in [0.3, 0.4) is 0 Å². The topological polar surface area (TPSA) is 66.4 Å². The van der Waals surface area contributed by atoms with E-state index < -0.39 is 5.97 Å². The minimum Gasteiger partial charge on any atom is -0.481 e. The zero-order chi connectivity index (χ0) is 15.0. The highest BCUT2D eigenvalue weighted by Gasteiger charge is 2.13. The summed E-state index contributed by atoms with van der Waals surface area (Å²) in [6.07, 6.45) is 0.943. The molecule has 0 spiro atoms. The standard InChI is InChI=1S/C14H18ClNO3S/c1-2-11(9-14(18)19)16-13(17)7-8-20-12-5-3-10(15)4-6-12/h3-6,11H,2,7-9H2,1H3,(H,16,17)(H,18,19). The van der Waals surface area contributed by atoms with Crippen LogP contribution in [-0.4, -0.2) is 28.8 Å². The first-order valence-electron chi connectivity index (χ1n) is 6.40. The van der Waals surface area contributed by atoms with Crippen molar-refractivity contribution in [3.05, 3.63) is 29.3 Å². The molecule has 0 heterocycles. The summed E-state index contributed by atoms with van der Waals surface area (Å²) in [4.78, 5) is 23.4. The summed E-state index contributed by atoms with van der Waals surface area (Å²) in [6, 6.07) is 7.14. The van der Waals surface area contributed by atoms with E-state index in [0.29, 0.717) is 23.6 Å². The number of hydrogen-bond donors (Lipinski definition) is 2. The minimum absolute atomic E-state index is 0.0352. The van der Waals surface area contributed by atoms with Gasteiger partial charge in [0.2, 0.25) is 5.91 Å². The van der Waals surface area contributed by atoms with E-state index in [1.165, 1.54) is 0 Å². The molecule has 110 valence electrons. The molecule has 1 amide bonds. The summed E-state index contributed by atoms with van der Waals surface area (Å²) >= 11 is 7.36. The summed E-state index contributed by atoms with van der Waals surface area (Å²) in [5.74, 6) is -0.357. The number of aliphatic carboxylic acids is 1. The second-order valence-electron chi connectivity index (χ2n) is 4.32. The van der Waals surface area contributed by atoms with Crippen molar-refractivity contribution in [3.63, 3.8) is 0 Å². The van der Waals surface area contributed by atoms with Crippen LogP contribution < -0.4 is 5.32 Å². The number of rotatable bonds is 8. The van der Waals surface area contributed by atoms with Gasteiger partial charge in [0.1, 0.15) is 0 Å². The first-order chi connectivity index (χ1) is 9.51. The lowest BCUT2D eigenvalue weighted by molar-refractivity contribution is -0.137. The van der Waals surface area contributed by atoms with E-state index in [0.717, 1.165) is 4.90 Å². The number of carbonyl (C=O) groups is 2. The maximum Gasteiger partial charge on any atom is 0.305 e. The fourth-order valence-electron chi connectivity index (χ4n) is 1.60. The van der Waals surface area contributed by atoms with Crippen LogP contribution in [0.5, 0.6) is 0 Å². The van der Waals surface area contributed by atoms with Crippen molar-refractivity contribution >= 4 is 35.2 Å². The van der Waals surface area contributed by atoms with Crippen LogP contribution in [0.4, 0.5) is 0 Å². The number of carboxylic acid groups (broad SMARTS) is 1. The van der Waals surface area contributed by atoms with E-state index in [9.17, 15) is 9.59 Å². The Morgan fingerprint density at radius 2 is 2.00 bits per heavy atom. The molecule has 0 radical (unpaired) electrons. The van der Waals surface area contributed by atoms with Gasteiger partial charge in [0, 0.05) is 28.1 Å². The molecule has 0 aromatic heterocycles. The lowest BCUT2D eigenvalue weighted by atomic mass is 10.1. The molecule has 20 heavy (non-hydrogen) atoms. The van der Waals surface area contributed by atoms with Crippen LogP contribution in [-0.2, 0) is 9.59 Å². The van der Waals surface area contributed by atoms with Crippen LogP contribution >= 0.6 is 23.4 Å². The van der Waals surface area contributed by atoms with E-state index in [4.69, 9.17) is 16.7 Å². The summed E-state index contributed by atoms with van der Waals surface area (Å²) in [5, 5.41) is 12.1. The van der Waals surface area contributed by atoms with Gasteiger partial charge in [0.15, 0.2) is 0 Å². The summed E-state index contributed by atoms with van der Waals surface area (Å²) in [7, 11) is 0. The number of thioether (sulfide) groups is 1. The SMILES string of the molecule is CCC(CC(=O)O)NC(=O)CCSc1ccc(Cl)cc1. The smallest absolute Gasteiger partial charge is 0.305 e. The van der Waals surface area contributed by atoms with Crippen molar-refractivity contribution in [2.75, 3.05) is 5.75 Å². The molecule has 2 N–H and O–H groups in total. The van der Waals surface area contributed by atoms with Crippen molar-refractivity contribution in [2.45, 2.75) is 37.1 Å². The van der Waals surface area contributed by atoms with Gasteiger partial charge >= 0.3 is 5.97 Å². The molecule has 4 nitrogen and oxygen atoms in total. The van der Waals surface area contributed by atoms with E-state index in [1.807, 2.05) is 31.2 Å². The Hall–Kier alpha value is -1.20. The lowest BCUT2D eigenvalue weighted by Crippen LogP contribution is -2.36. The van der Waals surface area contributed by atoms with Gasteiger partial charge in [-0.25, -0.2) is 0 Å². The molecule has 0 aliphatic carbocycles. The van der Waals surface area contributed by atoms with Crippen molar-refractivity contribution < 1.29 is 14.7 Å². The Morgan fingerprint density at radius 3 is 2.55 bits per heavy atom. The maximum absolute atomic E-state index is 11.7. The number of halogens is 1. The molecule has 0 aliphatic heterocycles. The molecule has 0 bridgehead atoms. The third kappa shape index (κ3) is 6.82. The Kier molecular flexibility index (Phi) is 7.47. The number of nitrogens with one attached hydrogen (secondary N) is 1. The first kappa shape index (κ1) is 16.9. The second-order valence-corrected chi connectivity index (χ2v) is 5.93. The predicted octanol–water partition coefficient (Wildman–Crippen LogP) is 3.19. The molecular formula is C14H18ClNO3S. The summed E-state index contributed by atoms with van der Waals surface area (Å²) in [6.45, 7) is 1.86. The molecular weight excluding hydrogens is 298 g/mol. The first-order valence-corrected chi connectivity index (χ1v) is 7.77. The number of hydrogen-bond acceptors (Lipinski definition) is 3. The minimum atomic E-state index is -0.896. The van der Waals surface area contributed by atoms with Crippen molar-refractivity contribution in [1.82, 2.24) is 5.32 Å². The van der Waals surface area contributed by atoms with E-state index in [-0.39, 0.29) is 18.4 Å². The number of amides is 1. The fourth-order valence-corrected chi connectivity index (χ4v) is 2.58. The van der Waals surface area contributed by atoms with Crippen molar-refractivity contribution in [3.8, 4) is 0 Å². The molecule has 0 aliphatic rings. The van der Waals surface area contributed by atoms with Crippen LogP contribution in [0.15, 0.2) is 29.2 Å². The van der Waals surface area contributed by atoms with Crippen LogP contribution in [0.2, 0.25) is 5.02 Å². The zero-order valence-electron chi connectivity index (χ0n) is 11.3. The van der Waals surface area contributed by atoms with Gasteiger partial charge in [-0.1, -0.05) is 18.5 Å². The molecule has 1 unspecified atom stereocenters. The van der Waals surface area contributed by atoms with E-state index in [1.54, 1.807) is 11.8 Å². The summed E-state index contributed by atoms with van der Waals surface area (Å²) < 4.78 is 0. The Bertz CT molecular complexity index is 450. The van der Waals surface area contributed by atoms with Gasteiger partial charge in [-0.05, 0) is 30.7 Å². The van der Waals surface area contributed by atoms with Gasteiger partial charge in [-0.3, -0.25) is 9.59 Å². The Morgan fingerprint density at radius 1 is 1.35 bits per heavy atom. The van der Waals surface area contributed by atoms with Crippen LogP contribution in [0, 0.1) is 0 Å². The van der Waals surface area contributed by atoms with Crippen LogP contribution in [0.25, 0.3) is 0 Å². The number of carbonyl (C=O) groups excluding carboxylic acids is 1.